The van der Waals surface area contributed by atoms with Gasteiger partial charge in [0, 0.05) is 76.4 Å². The number of piperidine rings is 1. The number of rotatable bonds is 21. The Labute approximate surface area is 445 Å². The molecule has 7 rings (SSSR count). The number of nitrogens with one attached hydrogen (secondary N) is 3. The van der Waals surface area contributed by atoms with Crippen LogP contribution in [0.1, 0.15) is 86.5 Å². The highest BCUT2D eigenvalue weighted by molar-refractivity contribution is 7.13. The van der Waals surface area contributed by atoms with E-state index in [0.717, 1.165) is 33.8 Å². The molecule has 0 unspecified atom stereocenters. The van der Waals surface area contributed by atoms with Gasteiger partial charge in [-0.3, -0.25) is 28.8 Å². The van der Waals surface area contributed by atoms with E-state index in [1.807, 2.05) is 35.8 Å². The number of β-amino-alcohol motifs (C(OH)–C–C–N with tert-alkyl or cyclic N) is 1. The Morgan fingerprint density at radius 2 is 1.62 bits per heavy atom. The van der Waals surface area contributed by atoms with E-state index in [2.05, 4.69) is 35.6 Å². The molecule has 6 amide bonds. The van der Waals surface area contributed by atoms with E-state index >= 15 is 4.39 Å². The van der Waals surface area contributed by atoms with Crippen LogP contribution in [-0.4, -0.2) is 133 Å². The number of thiazole rings is 1. The zero-order valence-corrected chi connectivity index (χ0v) is 43.8. The highest BCUT2D eigenvalue weighted by Gasteiger charge is 2.44. The molecule has 2 aromatic carbocycles. The summed E-state index contributed by atoms with van der Waals surface area (Å²) in [5.41, 5.74) is 10.7. The van der Waals surface area contributed by atoms with Gasteiger partial charge in [-0.2, -0.15) is 0 Å². The SMILES string of the molecule is Cc1ncsc1-c1ccc(CNC(=O)[C@@H]2C[C@@H](O)CN2C(=O)[C@@H](NC(=O)CCC(=O)NCCCCn2cnc(-c3cnc(O[C@@H]4CCN(C(=O)Cc5ccc(OC(F)(F)F)cc5)C[C@H]4F)c(C(N)=O)c3)c2)C(C)(C)C)cc1. The van der Waals surface area contributed by atoms with E-state index in [0.29, 0.717) is 42.8 Å². The third kappa shape index (κ3) is 15.8. The van der Waals surface area contributed by atoms with Gasteiger partial charge in [-0.05, 0) is 60.1 Å². The van der Waals surface area contributed by atoms with Crippen molar-refractivity contribution in [2.75, 3.05) is 26.2 Å². The first-order chi connectivity index (χ1) is 36.5. The van der Waals surface area contributed by atoms with Crippen LogP contribution in [0.4, 0.5) is 17.6 Å². The van der Waals surface area contributed by atoms with Crippen LogP contribution in [0.3, 0.4) is 0 Å². The monoisotopic (exact) mass is 1090 g/mol. The van der Waals surface area contributed by atoms with Crippen LogP contribution in [0.5, 0.6) is 11.6 Å². The summed E-state index contributed by atoms with van der Waals surface area (Å²) in [6.07, 6.45) is -2.93. The number of pyridine rings is 1. The molecule has 24 heteroatoms. The van der Waals surface area contributed by atoms with Crippen molar-refractivity contribution in [1.29, 1.82) is 0 Å². The lowest BCUT2D eigenvalue weighted by Gasteiger charge is -2.35. The van der Waals surface area contributed by atoms with E-state index < -0.39 is 77.5 Å². The number of carbonyl (C=O) groups excluding carboxylic acids is 6. The highest BCUT2D eigenvalue weighted by atomic mass is 32.1. The second kappa shape index (κ2) is 25.1. The number of amides is 6. The van der Waals surface area contributed by atoms with Gasteiger partial charge in [0.25, 0.3) is 5.91 Å². The molecule has 19 nitrogen and oxygen atoms in total. The van der Waals surface area contributed by atoms with Crippen LogP contribution in [0.15, 0.2) is 78.8 Å². The Morgan fingerprint density at radius 3 is 2.29 bits per heavy atom. The molecule has 0 saturated carbocycles. The number of unbranched alkanes of at least 4 members (excludes halogenated alkanes) is 1. The highest BCUT2D eigenvalue weighted by Crippen LogP contribution is 2.31. The van der Waals surface area contributed by atoms with Crippen LogP contribution in [0.2, 0.25) is 0 Å². The van der Waals surface area contributed by atoms with E-state index in [1.165, 1.54) is 34.2 Å². The number of nitrogens with zero attached hydrogens (tertiary/aromatic N) is 6. The number of benzene rings is 2. The fraction of sp³-hybridized carbons (Fsp3) is 0.453. The first-order valence-electron chi connectivity index (χ1n) is 25.1. The number of halogens is 4. The second-order valence-electron chi connectivity index (χ2n) is 20.1. The van der Waals surface area contributed by atoms with Crippen molar-refractivity contribution in [3.63, 3.8) is 0 Å². The maximum atomic E-state index is 15.4. The van der Waals surface area contributed by atoms with Crippen LogP contribution in [0.25, 0.3) is 21.7 Å². The average molecular weight is 1090 g/mol. The zero-order chi connectivity index (χ0) is 55.6. The van der Waals surface area contributed by atoms with E-state index in [4.69, 9.17) is 10.5 Å². The van der Waals surface area contributed by atoms with Crippen molar-refractivity contribution >= 4 is 46.8 Å². The van der Waals surface area contributed by atoms with Crippen LogP contribution >= 0.6 is 11.3 Å². The van der Waals surface area contributed by atoms with Crippen molar-refractivity contribution in [2.45, 2.75) is 123 Å². The first-order valence-corrected chi connectivity index (χ1v) is 26.0. The molecule has 5 aromatic rings. The number of hydrogen-bond acceptors (Lipinski definition) is 13. The molecule has 0 aliphatic carbocycles. The molecule has 2 fully saturated rings. The number of primary amides is 1. The summed E-state index contributed by atoms with van der Waals surface area (Å²) in [6, 6.07) is 12.0. The number of aromatic nitrogens is 4. The lowest BCUT2D eigenvalue weighted by Crippen LogP contribution is -2.57. The van der Waals surface area contributed by atoms with Crippen molar-refractivity contribution in [1.82, 2.24) is 45.3 Å². The number of ether oxygens (including phenoxy) is 2. The van der Waals surface area contributed by atoms with E-state index in [-0.39, 0.29) is 75.6 Å². The molecule has 3 aromatic heterocycles. The number of aryl methyl sites for hydroxylation is 2. The Kier molecular flexibility index (Phi) is 18.7. The van der Waals surface area contributed by atoms with Gasteiger partial charge in [-0.25, -0.2) is 19.3 Å². The summed E-state index contributed by atoms with van der Waals surface area (Å²) in [7, 11) is 0. The van der Waals surface area contributed by atoms with Crippen LogP contribution in [0, 0.1) is 12.3 Å². The number of nitrogens with two attached hydrogens (primary N) is 1. The van der Waals surface area contributed by atoms with Gasteiger partial charge >= 0.3 is 6.36 Å². The summed E-state index contributed by atoms with van der Waals surface area (Å²) in [4.78, 5) is 95.5. The quantitative estimate of drug-likeness (QED) is 0.0456. The minimum absolute atomic E-state index is 0.0449. The minimum atomic E-state index is -4.85. The van der Waals surface area contributed by atoms with Gasteiger partial charge in [-0.15, -0.1) is 24.5 Å². The van der Waals surface area contributed by atoms with Crippen molar-refractivity contribution < 1.29 is 60.9 Å². The topological polar surface area (TPSA) is 253 Å². The molecule has 0 radical (unpaired) electrons. The van der Waals surface area contributed by atoms with Gasteiger partial charge < -0.3 is 50.6 Å². The van der Waals surface area contributed by atoms with Crippen molar-refractivity contribution in [3.8, 4) is 33.3 Å². The molecular formula is C53H62F4N10O9S. The normalized spacial score (nSPS) is 18.1. The summed E-state index contributed by atoms with van der Waals surface area (Å²) in [5, 5.41) is 19.1. The Bertz CT molecular complexity index is 2890. The number of aliphatic hydroxyl groups is 1. The van der Waals surface area contributed by atoms with Crippen molar-refractivity contribution in [2.24, 2.45) is 11.1 Å². The van der Waals surface area contributed by atoms with Gasteiger partial charge in [0.2, 0.25) is 35.4 Å². The van der Waals surface area contributed by atoms with Crippen molar-refractivity contribution in [3.05, 3.63) is 101 Å². The predicted molar refractivity (Wildman–Crippen MR) is 274 cm³/mol. The Hall–Kier alpha value is -7.47. The lowest BCUT2D eigenvalue weighted by atomic mass is 9.85. The standard InChI is InChI=1S/C53H62F4N10O9S/c1-31-46(77-30-63-31)34-11-7-33(8-12-34)24-60-49(73)41-23-36(68)26-67(41)51(74)47(52(2,3)4)64-44(70)16-15-43(69)59-18-5-6-19-65-28-40(62-29-65)35-22-38(48(58)72)50(61-25-35)75-42-17-20-66(27-39(42)54)45(71)21-32-9-13-37(14-10-32)76-53(55,56)57/h7-14,22,25,28-30,36,39,41-42,47,68H,5-6,15-21,23-24,26-27H2,1-4H3,(H2,58,72)(H,59,69)(H,60,73)(H,64,70)/t36-,39-,41+,42-,47-/m1/s1. The fourth-order valence-electron chi connectivity index (χ4n) is 8.95. The molecular weight excluding hydrogens is 1030 g/mol. The maximum Gasteiger partial charge on any atom is 0.573 e. The first kappa shape index (κ1) is 57.2. The second-order valence-corrected chi connectivity index (χ2v) is 21.0. The molecule has 5 heterocycles. The van der Waals surface area contributed by atoms with Gasteiger partial charge in [-0.1, -0.05) is 57.2 Å². The fourth-order valence-corrected chi connectivity index (χ4v) is 9.76. The van der Waals surface area contributed by atoms with E-state index in [1.54, 1.807) is 50.1 Å². The zero-order valence-electron chi connectivity index (χ0n) is 43.0. The molecule has 77 heavy (non-hydrogen) atoms. The Morgan fingerprint density at radius 1 is 0.909 bits per heavy atom. The Balaban J connectivity index is 0.813. The molecule has 412 valence electrons. The van der Waals surface area contributed by atoms with Crippen LogP contribution < -0.4 is 31.2 Å². The largest absolute Gasteiger partial charge is 0.573 e. The van der Waals surface area contributed by atoms with Gasteiger partial charge in [0.15, 0.2) is 6.17 Å². The molecule has 2 saturated heterocycles. The summed E-state index contributed by atoms with van der Waals surface area (Å²) >= 11 is 1.55. The third-order valence-corrected chi connectivity index (χ3v) is 14.1. The third-order valence-electron chi connectivity index (χ3n) is 13.1. The lowest BCUT2D eigenvalue weighted by molar-refractivity contribution is -0.274. The number of alkyl halides is 4. The molecule has 2 aliphatic heterocycles. The number of carbonyl (C=O) groups is 6. The molecule has 2 aliphatic rings. The number of imidazole rings is 1. The number of hydrogen-bond donors (Lipinski definition) is 5. The molecule has 0 spiro atoms. The number of likely N-dealkylation sites (tertiary alicyclic amines) is 2. The van der Waals surface area contributed by atoms with Gasteiger partial charge in [0.05, 0.1) is 47.2 Å². The summed E-state index contributed by atoms with van der Waals surface area (Å²) in [6.45, 7) is 8.07. The number of aliphatic hydroxyl groups excluding tert-OH is 1. The minimum Gasteiger partial charge on any atom is -0.471 e. The van der Waals surface area contributed by atoms with Crippen LogP contribution in [-0.2, 0) is 43.5 Å². The smallest absolute Gasteiger partial charge is 0.471 e. The summed E-state index contributed by atoms with van der Waals surface area (Å²) in [5.74, 6) is -3.72. The van der Waals surface area contributed by atoms with E-state index in [9.17, 15) is 47.0 Å². The summed E-state index contributed by atoms with van der Waals surface area (Å²) < 4.78 is 64.4. The molecule has 5 atom stereocenters. The predicted octanol–water partition coefficient (Wildman–Crippen LogP) is 5.42. The molecule has 6 N–H and O–H groups in total. The van der Waals surface area contributed by atoms with Gasteiger partial charge in [0.1, 0.15) is 29.5 Å². The average Bonchev–Trinajstić information content (AvgIpc) is 4.15. The molecule has 0 bridgehead atoms. The maximum absolute atomic E-state index is 15.4.